The quantitative estimate of drug-likeness (QED) is 0.855. The van der Waals surface area contributed by atoms with Crippen molar-refractivity contribution in [3.63, 3.8) is 0 Å². The lowest BCUT2D eigenvalue weighted by Crippen LogP contribution is -2.35. The third-order valence-electron chi connectivity index (χ3n) is 3.62. The number of nitrogens with zero attached hydrogens (tertiary/aromatic N) is 1. The summed E-state index contributed by atoms with van der Waals surface area (Å²) in [6.45, 7) is 2.28. The molecule has 21 heavy (non-hydrogen) atoms. The summed E-state index contributed by atoms with van der Waals surface area (Å²) in [7, 11) is -3.59. The summed E-state index contributed by atoms with van der Waals surface area (Å²) in [5.74, 6) is 0.200. The molecule has 0 aromatic heterocycles. The number of hydrogen-bond donors (Lipinski definition) is 1. The second kappa shape index (κ2) is 5.16. The number of benzene rings is 1. The molecular formula is C14H16N2O4S. The predicted octanol–water partition coefficient (Wildman–Crippen LogP) is 1.36. The topological polar surface area (TPSA) is 75.7 Å². The van der Waals surface area contributed by atoms with Crippen LogP contribution in [-0.4, -0.2) is 37.8 Å². The van der Waals surface area contributed by atoms with Gasteiger partial charge in [0.15, 0.2) is 6.61 Å². The van der Waals surface area contributed by atoms with Gasteiger partial charge in [0, 0.05) is 12.6 Å². The minimum absolute atomic E-state index is 0.0486. The fraction of sp³-hybridized carbons (Fsp3) is 0.357. The molecule has 0 spiro atoms. The lowest BCUT2D eigenvalue weighted by Gasteiger charge is -2.24. The van der Waals surface area contributed by atoms with Crippen LogP contribution in [-0.2, 0) is 14.8 Å². The maximum absolute atomic E-state index is 12.7. The highest BCUT2D eigenvalue weighted by atomic mass is 32.2. The number of sulfonamides is 1. The minimum atomic E-state index is -3.59. The number of rotatable bonds is 3. The SMILES string of the molecule is CCC1C=CCN1S(=O)(=O)c1ccc2c(c1)NC(=O)CO2. The van der Waals surface area contributed by atoms with E-state index in [4.69, 9.17) is 4.74 Å². The van der Waals surface area contributed by atoms with Crippen LogP contribution in [0.5, 0.6) is 5.75 Å². The Bertz CT molecular complexity index is 712. The van der Waals surface area contributed by atoms with Gasteiger partial charge in [-0.1, -0.05) is 19.1 Å². The number of fused-ring (bicyclic) bond motifs is 1. The van der Waals surface area contributed by atoms with Gasteiger partial charge in [-0.05, 0) is 24.6 Å². The normalized spacial score (nSPS) is 21.8. The highest BCUT2D eigenvalue weighted by molar-refractivity contribution is 7.89. The zero-order valence-corrected chi connectivity index (χ0v) is 12.4. The largest absolute Gasteiger partial charge is 0.482 e. The molecular weight excluding hydrogens is 292 g/mol. The highest BCUT2D eigenvalue weighted by Crippen LogP contribution is 2.32. The van der Waals surface area contributed by atoms with Crippen LogP contribution in [0.1, 0.15) is 13.3 Å². The molecule has 2 heterocycles. The van der Waals surface area contributed by atoms with Crippen LogP contribution in [0.3, 0.4) is 0 Å². The molecule has 1 unspecified atom stereocenters. The standard InChI is InChI=1S/C14H16N2O4S/c1-2-10-4-3-7-16(10)21(18,19)11-5-6-13-12(8-11)15-14(17)9-20-13/h3-6,8,10H,2,7,9H2,1H3,(H,15,17). The lowest BCUT2D eigenvalue weighted by atomic mass is 10.2. The van der Waals surface area contributed by atoms with Gasteiger partial charge in [-0.25, -0.2) is 8.42 Å². The van der Waals surface area contributed by atoms with Crippen molar-refractivity contribution in [1.29, 1.82) is 0 Å². The van der Waals surface area contributed by atoms with E-state index in [0.717, 1.165) is 6.42 Å². The van der Waals surface area contributed by atoms with Crippen molar-refractivity contribution in [2.75, 3.05) is 18.5 Å². The van der Waals surface area contributed by atoms with Crippen molar-refractivity contribution in [3.8, 4) is 5.75 Å². The van der Waals surface area contributed by atoms with Gasteiger partial charge in [-0.2, -0.15) is 4.31 Å². The maximum Gasteiger partial charge on any atom is 0.262 e. The van der Waals surface area contributed by atoms with Gasteiger partial charge < -0.3 is 10.1 Å². The molecule has 1 N–H and O–H groups in total. The van der Waals surface area contributed by atoms with Crippen molar-refractivity contribution >= 4 is 21.6 Å². The second-order valence-corrected chi connectivity index (χ2v) is 6.86. The molecule has 2 aliphatic heterocycles. The Balaban J connectivity index is 1.96. The van der Waals surface area contributed by atoms with E-state index in [2.05, 4.69) is 5.32 Å². The van der Waals surface area contributed by atoms with E-state index in [-0.39, 0.29) is 23.5 Å². The minimum Gasteiger partial charge on any atom is -0.482 e. The number of anilines is 1. The Morgan fingerprint density at radius 2 is 2.24 bits per heavy atom. The molecule has 1 atom stereocenters. The second-order valence-electron chi connectivity index (χ2n) is 4.97. The van der Waals surface area contributed by atoms with E-state index in [1.807, 2.05) is 19.1 Å². The van der Waals surface area contributed by atoms with Crippen molar-refractivity contribution in [3.05, 3.63) is 30.4 Å². The average Bonchev–Trinajstić information content (AvgIpc) is 2.95. The Morgan fingerprint density at radius 3 is 3.00 bits per heavy atom. The van der Waals surface area contributed by atoms with Crippen molar-refractivity contribution in [1.82, 2.24) is 4.31 Å². The first-order chi connectivity index (χ1) is 10.0. The van der Waals surface area contributed by atoms with Crippen molar-refractivity contribution < 1.29 is 17.9 Å². The zero-order valence-electron chi connectivity index (χ0n) is 11.6. The van der Waals surface area contributed by atoms with Crippen molar-refractivity contribution in [2.24, 2.45) is 0 Å². The fourth-order valence-corrected chi connectivity index (χ4v) is 4.16. The number of hydrogen-bond acceptors (Lipinski definition) is 4. The molecule has 112 valence electrons. The number of ether oxygens (including phenoxy) is 1. The smallest absolute Gasteiger partial charge is 0.262 e. The molecule has 3 rings (SSSR count). The maximum atomic E-state index is 12.7. The van der Waals surface area contributed by atoms with E-state index in [9.17, 15) is 13.2 Å². The first kappa shape index (κ1) is 14.1. The predicted molar refractivity (Wildman–Crippen MR) is 77.7 cm³/mol. The Hall–Kier alpha value is -1.86. The van der Waals surface area contributed by atoms with Crippen LogP contribution in [0, 0.1) is 0 Å². The Morgan fingerprint density at radius 1 is 1.43 bits per heavy atom. The molecule has 6 nitrogen and oxygen atoms in total. The molecule has 0 fully saturated rings. The monoisotopic (exact) mass is 308 g/mol. The number of carbonyl (C=O) groups is 1. The average molecular weight is 308 g/mol. The van der Waals surface area contributed by atoms with E-state index in [1.54, 1.807) is 6.07 Å². The van der Waals surface area contributed by atoms with E-state index >= 15 is 0 Å². The fourth-order valence-electron chi connectivity index (χ4n) is 2.53. The van der Waals surface area contributed by atoms with Crippen LogP contribution in [0.2, 0.25) is 0 Å². The van der Waals surface area contributed by atoms with Crippen LogP contribution in [0.25, 0.3) is 0 Å². The van der Waals surface area contributed by atoms with Gasteiger partial charge in [-0.3, -0.25) is 4.79 Å². The molecule has 1 aromatic rings. The van der Waals surface area contributed by atoms with E-state index < -0.39 is 10.0 Å². The highest BCUT2D eigenvalue weighted by Gasteiger charge is 2.32. The summed E-state index contributed by atoms with van der Waals surface area (Å²) in [4.78, 5) is 11.5. The molecule has 1 amide bonds. The zero-order chi connectivity index (χ0) is 15.0. The van der Waals surface area contributed by atoms with Crippen LogP contribution in [0.4, 0.5) is 5.69 Å². The molecule has 0 aliphatic carbocycles. The lowest BCUT2D eigenvalue weighted by molar-refractivity contribution is -0.118. The molecule has 0 radical (unpaired) electrons. The van der Waals surface area contributed by atoms with Crippen LogP contribution < -0.4 is 10.1 Å². The number of nitrogens with one attached hydrogen (secondary N) is 1. The summed E-state index contributed by atoms with van der Waals surface area (Å²) in [5, 5.41) is 2.63. The Kier molecular flexibility index (Phi) is 3.46. The van der Waals surface area contributed by atoms with E-state index in [0.29, 0.717) is 18.0 Å². The molecule has 0 bridgehead atoms. The van der Waals surface area contributed by atoms with Gasteiger partial charge in [0.25, 0.3) is 5.91 Å². The molecule has 0 saturated carbocycles. The van der Waals surface area contributed by atoms with Gasteiger partial charge in [-0.15, -0.1) is 0 Å². The number of amides is 1. The first-order valence-corrected chi connectivity index (χ1v) is 8.21. The molecule has 0 saturated heterocycles. The van der Waals surface area contributed by atoms with Crippen LogP contribution in [0.15, 0.2) is 35.2 Å². The third kappa shape index (κ3) is 2.43. The summed E-state index contributed by atoms with van der Waals surface area (Å²) >= 11 is 0. The Labute approximate surface area is 123 Å². The van der Waals surface area contributed by atoms with Crippen molar-refractivity contribution in [2.45, 2.75) is 24.3 Å². The van der Waals surface area contributed by atoms with Gasteiger partial charge in [0.1, 0.15) is 5.75 Å². The van der Waals surface area contributed by atoms with Gasteiger partial charge in [0.05, 0.1) is 10.6 Å². The van der Waals surface area contributed by atoms with E-state index in [1.165, 1.54) is 16.4 Å². The molecule has 2 aliphatic rings. The summed E-state index contributed by atoms with van der Waals surface area (Å²) in [6.07, 6.45) is 4.48. The summed E-state index contributed by atoms with van der Waals surface area (Å²) in [6, 6.07) is 4.42. The van der Waals surface area contributed by atoms with Gasteiger partial charge >= 0.3 is 0 Å². The summed E-state index contributed by atoms with van der Waals surface area (Å²) in [5.41, 5.74) is 0.396. The molecule has 1 aromatic carbocycles. The van der Waals surface area contributed by atoms with Gasteiger partial charge in [0.2, 0.25) is 10.0 Å². The number of carbonyl (C=O) groups excluding carboxylic acids is 1. The summed E-state index contributed by atoms with van der Waals surface area (Å²) < 4.78 is 32.1. The third-order valence-corrected chi connectivity index (χ3v) is 5.51. The van der Waals surface area contributed by atoms with Crippen LogP contribution >= 0.6 is 0 Å². The molecule has 7 heteroatoms. The first-order valence-electron chi connectivity index (χ1n) is 6.77.